The third kappa shape index (κ3) is 8.80. The highest BCUT2D eigenvalue weighted by Crippen LogP contribution is 1.97. The number of nitrogens with two attached hydrogens (primary N) is 1. The third-order valence-electron chi connectivity index (χ3n) is 1.88. The van der Waals surface area contributed by atoms with E-state index in [0.717, 1.165) is 12.8 Å². The highest BCUT2D eigenvalue weighted by Gasteiger charge is 2.13. The molecule has 0 radical (unpaired) electrons. The van der Waals surface area contributed by atoms with Crippen LogP contribution in [0.4, 0.5) is 0 Å². The van der Waals surface area contributed by atoms with Gasteiger partial charge in [0.15, 0.2) is 0 Å². The highest BCUT2D eigenvalue weighted by molar-refractivity contribution is 7.87. The minimum absolute atomic E-state index is 0.0711. The van der Waals surface area contributed by atoms with Gasteiger partial charge in [0.25, 0.3) is 10.2 Å². The van der Waals surface area contributed by atoms with Crippen LogP contribution in [-0.4, -0.2) is 27.5 Å². The Kier molecular flexibility index (Phi) is 7.08. The van der Waals surface area contributed by atoms with Gasteiger partial charge in [0.2, 0.25) is 0 Å². The van der Waals surface area contributed by atoms with E-state index < -0.39 is 10.2 Å². The zero-order valence-corrected chi connectivity index (χ0v) is 10.6. The largest absolute Gasteiger partial charge is 0.330 e. The van der Waals surface area contributed by atoms with Gasteiger partial charge < -0.3 is 5.73 Å². The van der Waals surface area contributed by atoms with Crippen molar-refractivity contribution in [2.24, 2.45) is 11.7 Å². The topological polar surface area (TPSA) is 84.2 Å². The van der Waals surface area contributed by atoms with Crippen LogP contribution in [0.5, 0.6) is 0 Å². The molecule has 0 aromatic heterocycles. The van der Waals surface area contributed by atoms with E-state index >= 15 is 0 Å². The van der Waals surface area contributed by atoms with Crippen molar-refractivity contribution < 1.29 is 8.42 Å². The van der Waals surface area contributed by atoms with Crippen molar-refractivity contribution >= 4 is 10.2 Å². The van der Waals surface area contributed by atoms with Crippen LogP contribution in [0.25, 0.3) is 0 Å². The maximum absolute atomic E-state index is 11.5. The summed E-state index contributed by atoms with van der Waals surface area (Å²) in [7, 11) is -3.35. The van der Waals surface area contributed by atoms with Gasteiger partial charge in [-0.05, 0) is 32.2 Å². The SMILES string of the molecule is CC(C)CNS(=O)(=O)NC(C)CCCN. The van der Waals surface area contributed by atoms with Crippen LogP contribution in [-0.2, 0) is 10.2 Å². The molecule has 15 heavy (non-hydrogen) atoms. The standard InChI is InChI=1S/C9H23N3O2S/c1-8(2)7-11-15(13,14)12-9(3)5-4-6-10/h8-9,11-12H,4-7,10H2,1-3H3. The van der Waals surface area contributed by atoms with Gasteiger partial charge in [0, 0.05) is 12.6 Å². The number of hydrogen-bond acceptors (Lipinski definition) is 3. The number of rotatable bonds is 8. The Morgan fingerprint density at radius 1 is 1.27 bits per heavy atom. The first kappa shape index (κ1) is 14.8. The predicted molar refractivity (Wildman–Crippen MR) is 62.6 cm³/mol. The molecule has 0 rings (SSSR count). The minimum atomic E-state index is -3.35. The monoisotopic (exact) mass is 237 g/mol. The molecule has 0 aromatic rings. The van der Waals surface area contributed by atoms with Gasteiger partial charge in [0.05, 0.1) is 0 Å². The average molecular weight is 237 g/mol. The number of nitrogens with one attached hydrogen (secondary N) is 2. The van der Waals surface area contributed by atoms with E-state index in [-0.39, 0.29) is 6.04 Å². The van der Waals surface area contributed by atoms with E-state index in [1.54, 1.807) is 0 Å². The molecule has 0 aromatic carbocycles. The number of hydrogen-bond donors (Lipinski definition) is 3. The van der Waals surface area contributed by atoms with Gasteiger partial charge in [-0.15, -0.1) is 0 Å². The molecular weight excluding hydrogens is 214 g/mol. The van der Waals surface area contributed by atoms with Crippen molar-refractivity contribution in [3.8, 4) is 0 Å². The summed E-state index contributed by atoms with van der Waals surface area (Å²) in [6.07, 6.45) is 1.59. The molecule has 1 atom stereocenters. The molecule has 0 saturated carbocycles. The maximum Gasteiger partial charge on any atom is 0.277 e. The average Bonchev–Trinajstić information content (AvgIpc) is 2.11. The van der Waals surface area contributed by atoms with E-state index in [1.807, 2.05) is 20.8 Å². The quantitative estimate of drug-likeness (QED) is 0.563. The molecule has 0 aliphatic carbocycles. The first-order valence-corrected chi connectivity index (χ1v) is 6.82. The molecule has 0 spiro atoms. The van der Waals surface area contributed by atoms with Gasteiger partial charge in [-0.1, -0.05) is 13.8 Å². The lowest BCUT2D eigenvalue weighted by atomic mass is 10.2. The fourth-order valence-electron chi connectivity index (χ4n) is 1.07. The zero-order valence-electron chi connectivity index (χ0n) is 9.79. The van der Waals surface area contributed by atoms with Crippen molar-refractivity contribution in [2.45, 2.75) is 39.7 Å². The Balaban J connectivity index is 3.91. The summed E-state index contributed by atoms with van der Waals surface area (Å²) in [5, 5.41) is 0. The molecule has 92 valence electrons. The first-order valence-electron chi connectivity index (χ1n) is 5.34. The lowest BCUT2D eigenvalue weighted by molar-refractivity contribution is 0.517. The first-order chi connectivity index (χ1) is 6.87. The van der Waals surface area contributed by atoms with Crippen LogP contribution in [0, 0.1) is 5.92 Å². The summed E-state index contributed by atoms with van der Waals surface area (Å²) in [6.45, 7) is 6.80. The van der Waals surface area contributed by atoms with Gasteiger partial charge in [0.1, 0.15) is 0 Å². The zero-order chi connectivity index (χ0) is 11.9. The summed E-state index contributed by atoms with van der Waals surface area (Å²) < 4.78 is 28.0. The van der Waals surface area contributed by atoms with Crippen LogP contribution in [0.1, 0.15) is 33.6 Å². The molecule has 0 saturated heterocycles. The van der Waals surface area contributed by atoms with E-state index in [4.69, 9.17) is 5.73 Å². The molecule has 0 aliphatic heterocycles. The predicted octanol–water partition coefficient (Wildman–Crippen LogP) is 0.194. The van der Waals surface area contributed by atoms with Crippen molar-refractivity contribution in [3.63, 3.8) is 0 Å². The minimum Gasteiger partial charge on any atom is -0.330 e. The highest BCUT2D eigenvalue weighted by atomic mass is 32.2. The Hall–Kier alpha value is -0.170. The molecule has 0 aliphatic rings. The van der Waals surface area contributed by atoms with Crippen molar-refractivity contribution in [1.82, 2.24) is 9.44 Å². The van der Waals surface area contributed by atoms with Crippen LogP contribution in [0.2, 0.25) is 0 Å². The second-order valence-corrected chi connectivity index (χ2v) is 5.73. The van der Waals surface area contributed by atoms with E-state index in [1.165, 1.54) is 0 Å². The second-order valence-electron chi connectivity index (χ2n) is 4.20. The molecule has 0 amide bonds. The molecule has 0 bridgehead atoms. The fourth-order valence-corrected chi connectivity index (χ4v) is 2.35. The summed E-state index contributed by atoms with van der Waals surface area (Å²) in [6, 6.07) is -0.0711. The van der Waals surface area contributed by atoms with Crippen LogP contribution >= 0.6 is 0 Å². The van der Waals surface area contributed by atoms with Crippen LogP contribution in [0.15, 0.2) is 0 Å². The fraction of sp³-hybridized carbons (Fsp3) is 1.00. The van der Waals surface area contributed by atoms with Crippen LogP contribution in [0.3, 0.4) is 0 Å². The van der Waals surface area contributed by atoms with E-state index in [2.05, 4.69) is 9.44 Å². The molecule has 1 unspecified atom stereocenters. The summed E-state index contributed by atoms with van der Waals surface area (Å²) in [5.74, 6) is 0.306. The van der Waals surface area contributed by atoms with Gasteiger partial charge >= 0.3 is 0 Å². The Morgan fingerprint density at radius 2 is 1.87 bits per heavy atom. The Bertz CT molecular complexity index is 252. The van der Waals surface area contributed by atoms with Crippen molar-refractivity contribution in [2.75, 3.05) is 13.1 Å². The van der Waals surface area contributed by atoms with Crippen LogP contribution < -0.4 is 15.2 Å². The molecule has 0 heterocycles. The van der Waals surface area contributed by atoms with Gasteiger partial charge in [-0.25, -0.2) is 4.72 Å². The summed E-state index contributed by atoms with van der Waals surface area (Å²) in [5.41, 5.74) is 5.35. The van der Waals surface area contributed by atoms with E-state index in [0.29, 0.717) is 19.0 Å². The Labute approximate surface area is 93.0 Å². The van der Waals surface area contributed by atoms with Crippen molar-refractivity contribution in [1.29, 1.82) is 0 Å². The van der Waals surface area contributed by atoms with Crippen molar-refractivity contribution in [3.05, 3.63) is 0 Å². The smallest absolute Gasteiger partial charge is 0.277 e. The second kappa shape index (κ2) is 7.16. The molecule has 6 heteroatoms. The molecule has 5 nitrogen and oxygen atoms in total. The molecule has 4 N–H and O–H groups in total. The molecule has 0 fully saturated rings. The molecular formula is C9H23N3O2S. The van der Waals surface area contributed by atoms with E-state index in [9.17, 15) is 8.42 Å². The summed E-state index contributed by atoms with van der Waals surface area (Å²) >= 11 is 0. The van der Waals surface area contributed by atoms with Gasteiger partial charge in [-0.3, -0.25) is 0 Å². The van der Waals surface area contributed by atoms with Gasteiger partial charge in [-0.2, -0.15) is 13.1 Å². The Morgan fingerprint density at radius 3 is 2.33 bits per heavy atom. The summed E-state index contributed by atoms with van der Waals surface area (Å²) in [4.78, 5) is 0. The lowest BCUT2D eigenvalue weighted by Gasteiger charge is -2.15. The third-order valence-corrected chi connectivity index (χ3v) is 3.14. The normalized spacial score (nSPS) is 14.5. The maximum atomic E-state index is 11.5. The lowest BCUT2D eigenvalue weighted by Crippen LogP contribution is -2.42.